The summed E-state index contributed by atoms with van der Waals surface area (Å²) in [7, 11) is 0. The maximum absolute atomic E-state index is 10.9. The highest BCUT2D eigenvalue weighted by molar-refractivity contribution is 8.04. The fraction of sp³-hybridized carbons (Fsp3) is 0.222. The van der Waals surface area contributed by atoms with Gasteiger partial charge in [-0.1, -0.05) is 0 Å². The fourth-order valence-electron chi connectivity index (χ4n) is 0.753. The van der Waals surface area contributed by atoms with Crippen molar-refractivity contribution in [3.05, 3.63) is 34.6 Å². The normalized spacial score (nSPS) is 14.6. The zero-order valence-electron chi connectivity index (χ0n) is 6.82. The zero-order valence-corrected chi connectivity index (χ0v) is 7.64. The van der Waals surface area contributed by atoms with Gasteiger partial charge >= 0.3 is 5.97 Å². The van der Waals surface area contributed by atoms with Crippen molar-refractivity contribution >= 4 is 17.7 Å². The third kappa shape index (κ3) is 2.96. The van der Waals surface area contributed by atoms with Crippen LogP contribution in [0.5, 0.6) is 0 Å². The first-order valence-corrected chi connectivity index (χ1v) is 4.64. The molecule has 0 unspecified atom stereocenters. The second-order valence-corrected chi connectivity index (χ2v) is 2.95. The first-order valence-electron chi connectivity index (χ1n) is 3.70. The molecule has 2 nitrogen and oxygen atoms in total. The van der Waals surface area contributed by atoms with Crippen LogP contribution in [-0.2, 0) is 9.53 Å². The molecule has 1 heterocycles. The van der Waals surface area contributed by atoms with Crippen molar-refractivity contribution in [2.45, 2.75) is 6.92 Å². The highest BCUT2D eigenvalue weighted by Crippen LogP contribution is 2.15. The Morgan fingerprint density at radius 3 is 2.83 bits per heavy atom. The van der Waals surface area contributed by atoms with Crippen LogP contribution in [-0.4, -0.2) is 12.6 Å². The molecule has 12 heavy (non-hydrogen) atoms. The summed E-state index contributed by atoms with van der Waals surface area (Å²) in [6, 6.07) is 0. The Balaban J connectivity index is 2.55. The summed E-state index contributed by atoms with van der Waals surface area (Å²) in [4.78, 5) is 10.9. The van der Waals surface area contributed by atoms with Gasteiger partial charge in [0.2, 0.25) is 0 Å². The minimum atomic E-state index is -0.284. The minimum absolute atomic E-state index is 0.284. The maximum atomic E-state index is 10.9. The van der Waals surface area contributed by atoms with E-state index in [-0.39, 0.29) is 5.97 Å². The molecule has 0 saturated carbocycles. The monoisotopic (exact) mass is 182 g/mol. The number of ether oxygens (including phenoxy) is 1. The lowest BCUT2D eigenvalue weighted by molar-refractivity contribution is -0.137. The number of rotatable bonds is 2. The van der Waals surface area contributed by atoms with Gasteiger partial charge in [-0.3, -0.25) is 0 Å². The van der Waals surface area contributed by atoms with Crippen molar-refractivity contribution in [3.63, 3.8) is 0 Å². The average Bonchev–Trinajstić information content (AvgIpc) is 2.06. The van der Waals surface area contributed by atoms with Crippen molar-refractivity contribution in [2.75, 3.05) is 6.61 Å². The average molecular weight is 182 g/mol. The van der Waals surface area contributed by atoms with Crippen LogP contribution in [0.1, 0.15) is 6.92 Å². The summed E-state index contributed by atoms with van der Waals surface area (Å²) >= 11 is 1.59. The van der Waals surface area contributed by atoms with Crippen molar-refractivity contribution in [3.8, 4) is 0 Å². The lowest BCUT2D eigenvalue weighted by Crippen LogP contribution is -2.00. The summed E-state index contributed by atoms with van der Waals surface area (Å²) in [5, 5.41) is 3.84. The van der Waals surface area contributed by atoms with Crippen LogP contribution in [0.25, 0.3) is 0 Å². The van der Waals surface area contributed by atoms with Gasteiger partial charge in [0.25, 0.3) is 0 Å². The Morgan fingerprint density at radius 1 is 1.58 bits per heavy atom. The third-order valence-corrected chi connectivity index (χ3v) is 1.84. The number of thioether (sulfide) groups is 1. The number of carbonyl (C=O) groups excluding carboxylic acids is 1. The Bertz CT molecular complexity index is 237. The molecule has 0 aromatic heterocycles. The lowest BCUT2D eigenvalue weighted by Gasteiger charge is -1.99. The molecule has 0 spiro atoms. The first kappa shape index (κ1) is 9.13. The van der Waals surface area contributed by atoms with E-state index in [1.165, 1.54) is 6.08 Å². The Hall–Kier alpha value is -0.960. The fourth-order valence-corrected chi connectivity index (χ4v) is 1.31. The van der Waals surface area contributed by atoms with Gasteiger partial charge in [-0.05, 0) is 35.5 Å². The van der Waals surface area contributed by atoms with Crippen LogP contribution in [0.3, 0.4) is 0 Å². The van der Waals surface area contributed by atoms with Gasteiger partial charge in [0.15, 0.2) is 0 Å². The summed E-state index contributed by atoms with van der Waals surface area (Å²) in [6.45, 7) is 2.21. The van der Waals surface area contributed by atoms with E-state index in [1.54, 1.807) is 18.7 Å². The molecule has 3 heteroatoms. The largest absolute Gasteiger partial charge is 0.463 e. The second-order valence-electron chi connectivity index (χ2n) is 2.14. The van der Waals surface area contributed by atoms with E-state index < -0.39 is 0 Å². The van der Waals surface area contributed by atoms with E-state index in [2.05, 4.69) is 0 Å². The standard InChI is InChI=1S/C9H10O2S/c1-2-11-9(10)7-8-3-5-12-6-4-8/h3-7H,2H2,1H3. The van der Waals surface area contributed by atoms with Crippen molar-refractivity contribution in [1.29, 1.82) is 0 Å². The third-order valence-electron chi connectivity index (χ3n) is 1.25. The predicted octanol–water partition coefficient (Wildman–Crippen LogP) is 2.25. The molecule has 0 bridgehead atoms. The molecule has 0 N–H and O–H groups in total. The molecule has 0 atom stereocenters. The number of carbonyl (C=O) groups is 1. The molecular formula is C9H10O2S. The molecule has 0 radical (unpaired) electrons. The number of hydrogen-bond acceptors (Lipinski definition) is 3. The van der Waals surface area contributed by atoms with Gasteiger partial charge in [-0.25, -0.2) is 4.79 Å². The lowest BCUT2D eigenvalue weighted by atomic mass is 10.2. The van der Waals surface area contributed by atoms with Crippen LogP contribution in [0.15, 0.2) is 34.6 Å². The molecule has 0 aliphatic carbocycles. The van der Waals surface area contributed by atoms with Crippen LogP contribution in [0.4, 0.5) is 0 Å². The zero-order chi connectivity index (χ0) is 8.81. The molecule has 0 aromatic carbocycles. The molecule has 0 amide bonds. The molecule has 64 valence electrons. The van der Waals surface area contributed by atoms with Gasteiger partial charge in [-0.2, -0.15) is 0 Å². The Morgan fingerprint density at radius 2 is 2.25 bits per heavy atom. The second kappa shape index (κ2) is 4.83. The van der Waals surface area contributed by atoms with Crippen LogP contribution >= 0.6 is 11.8 Å². The predicted molar refractivity (Wildman–Crippen MR) is 50.6 cm³/mol. The molecule has 1 aliphatic rings. The van der Waals surface area contributed by atoms with Crippen LogP contribution < -0.4 is 0 Å². The van der Waals surface area contributed by atoms with Gasteiger partial charge < -0.3 is 4.74 Å². The summed E-state index contributed by atoms with van der Waals surface area (Å²) in [5.74, 6) is -0.284. The number of allylic oxidation sites excluding steroid dienone is 3. The van der Waals surface area contributed by atoms with E-state index >= 15 is 0 Å². The van der Waals surface area contributed by atoms with Crippen molar-refractivity contribution in [1.82, 2.24) is 0 Å². The maximum Gasteiger partial charge on any atom is 0.331 e. The number of esters is 1. The van der Waals surface area contributed by atoms with Gasteiger partial charge in [0.1, 0.15) is 0 Å². The van der Waals surface area contributed by atoms with Gasteiger partial charge in [-0.15, -0.1) is 11.8 Å². The minimum Gasteiger partial charge on any atom is -0.463 e. The van der Waals surface area contributed by atoms with E-state index in [0.29, 0.717) is 6.61 Å². The van der Waals surface area contributed by atoms with Gasteiger partial charge in [0, 0.05) is 6.08 Å². The van der Waals surface area contributed by atoms with E-state index in [0.717, 1.165) is 5.57 Å². The van der Waals surface area contributed by atoms with Crippen LogP contribution in [0.2, 0.25) is 0 Å². The van der Waals surface area contributed by atoms with Crippen LogP contribution in [0, 0.1) is 0 Å². The van der Waals surface area contributed by atoms with Crippen molar-refractivity contribution < 1.29 is 9.53 Å². The SMILES string of the molecule is CCOC(=O)C=C1C=CSC=C1. The number of hydrogen-bond donors (Lipinski definition) is 0. The summed E-state index contributed by atoms with van der Waals surface area (Å²) < 4.78 is 4.75. The molecule has 0 aromatic rings. The van der Waals surface area contributed by atoms with E-state index in [4.69, 9.17) is 4.74 Å². The summed E-state index contributed by atoms with van der Waals surface area (Å²) in [6.07, 6.45) is 5.24. The van der Waals surface area contributed by atoms with E-state index in [1.807, 2.05) is 23.0 Å². The van der Waals surface area contributed by atoms with Gasteiger partial charge in [0.05, 0.1) is 6.61 Å². The molecule has 0 saturated heterocycles. The quantitative estimate of drug-likeness (QED) is 0.484. The first-order chi connectivity index (χ1) is 5.83. The van der Waals surface area contributed by atoms with Crippen molar-refractivity contribution in [2.24, 2.45) is 0 Å². The highest BCUT2D eigenvalue weighted by Gasteiger charge is 1.98. The molecule has 1 aliphatic heterocycles. The smallest absolute Gasteiger partial charge is 0.331 e. The topological polar surface area (TPSA) is 26.3 Å². The Labute approximate surface area is 76.0 Å². The molecular weight excluding hydrogens is 172 g/mol. The van der Waals surface area contributed by atoms with E-state index in [9.17, 15) is 4.79 Å². The Kier molecular flexibility index (Phi) is 3.67. The molecule has 1 rings (SSSR count). The summed E-state index contributed by atoms with van der Waals surface area (Å²) in [5.41, 5.74) is 0.882. The molecule has 0 fully saturated rings. The highest BCUT2D eigenvalue weighted by atomic mass is 32.2.